The Kier molecular flexibility index (Phi) is 6.33. The number of esters is 2. The minimum Gasteiger partial charge on any atom is -0.463 e. The molecule has 5 fully saturated rings. The van der Waals surface area contributed by atoms with E-state index in [4.69, 9.17) is 9.47 Å². The van der Waals surface area contributed by atoms with Crippen LogP contribution in [0.1, 0.15) is 92.4 Å². The maximum Gasteiger partial charge on any atom is 0.302 e. The number of piperidine rings is 2. The van der Waals surface area contributed by atoms with E-state index in [9.17, 15) is 9.59 Å². The minimum atomic E-state index is -0.194. The van der Waals surface area contributed by atoms with Crippen molar-refractivity contribution in [2.45, 2.75) is 111 Å². The number of rotatable bonds is 2. The molecule has 4 aliphatic carbocycles. The van der Waals surface area contributed by atoms with Crippen molar-refractivity contribution in [2.75, 3.05) is 13.1 Å². The Morgan fingerprint density at radius 1 is 0.917 bits per heavy atom. The highest BCUT2D eigenvalue weighted by atomic mass is 16.5. The Labute approximate surface area is 217 Å². The number of carbonyl (C=O) groups is 2. The van der Waals surface area contributed by atoms with E-state index < -0.39 is 0 Å². The van der Waals surface area contributed by atoms with Gasteiger partial charge in [-0.1, -0.05) is 31.9 Å². The Morgan fingerprint density at radius 3 is 2.44 bits per heavy atom. The number of ether oxygens (including phenoxy) is 2. The molecule has 2 aliphatic heterocycles. The van der Waals surface area contributed by atoms with Crippen LogP contribution in [0.2, 0.25) is 0 Å². The molecule has 3 unspecified atom stereocenters. The summed E-state index contributed by atoms with van der Waals surface area (Å²) in [5, 5.41) is 0. The van der Waals surface area contributed by atoms with Gasteiger partial charge in [0.15, 0.2) is 0 Å². The molecule has 200 valence electrons. The van der Waals surface area contributed by atoms with E-state index in [1.807, 2.05) is 0 Å². The highest BCUT2D eigenvalue weighted by Crippen LogP contribution is 2.65. The predicted octanol–water partition coefficient (Wildman–Crippen LogP) is 5.77. The van der Waals surface area contributed by atoms with Crippen LogP contribution in [0.25, 0.3) is 0 Å². The van der Waals surface area contributed by atoms with E-state index in [0.29, 0.717) is 11.8 Å². The highest BCUT2D eigenvalue weighted by molar-refractivity contribution is 5.66. The summed E-state index contributed by atoms with van der Waals surface area (Å²) in [5.41, 5.74) is 3.54. The van der Waals surface area contributed by atoms with Crippen molar-refractivity contribution in [2.24, 2.45) is 46.8 Å². The van der Waals surface area contributed by atoms with Gasteiger partial charge in [0, 0.05) is 45.3 Å². The molecule has 0 bridgehead atoms. The lowest BCUT2D eigenvalue weighted by Crippen LogP contribution is -2.58. The number of hydrogen-bond acceptors (Lipinski definition) is 5. The molecule has 3 saturated carbocycles. The summed E-state index contributed by atoms with van der Waals surface area (Å²) < 4.78 is 11.7. The lowest BCUT2D eigenvalue weighted by molar-refractivity contribution is -0.169. The minimum absolute atomic E-state index is 0.0434. The van der Waals surface area contributed by atoms with Gasteiger partial charge in [0.25, 0.3) is 0 Å². The third-order valence-electron chi connectivity index (χ3n) is 12.0. The van der Waals surface area contributed by atoms with Crippen LogP contribution in [0, 0.1) is 46.8 Å². The molecular weight excluding hydrogens is 450 g/mol. The Bertz CT molecular complexity index is 941. The zero-order valence-corrected chi connectivity index (χ0v) is 23.1. The molecule has 0 radical (unpaired) electrons. The van der Waals surface area contributed by atoms with Crippen LogP contribution in [0.15, 0.2) is 11.1 Å². The molecule has 2 saturated heterocycles. The monoisotopic (exact) mass is 497 g/mol. The van der Waals surface area contributed by atoms with E-state index in [-0.39, 0.29) is 35.5 Å². The first-order valence-corrected chi connectivity index (χ1v) is 15.0. The van der Waals surface area contributed by atoms with Crippen molar-refractivity contribution < 1.29 is 19.1 Å². The number of fused-ring (bicyclic) bond motifs is 7. The predicted molar refractivity (Wildman–Crippen MR) is 139 cm³/mol. The van der Waals surface area contributed by atoms with Crippen molar-refractivity contribution in [1.29, 1.82) is 0 Å². The zero-order chi connectivity index (χ0) is 25.4. The summed E-state index contributed by atoms with van der Waals surface area (Å²) in [6.45, 7) is 13.1. The molecule has 0 aromatic rings. The highest BCUT2D eigenvalue weighted by Gasteiger charge is 2.60. The second-order valence-electron chi connectivity index (χ2n) is 13.8. The molecule has 5 heteroatoms. The molecule has 0 aromatic heterocycles. The zero-order valence-electron chi connectivity index (χ0n) is 23.1. The Morgan fingerprint density at radius 2 is 1.69 bits per heavy atom. The molecule has 0 N–H and O–H groups in total. The first-order valence-electron chi connectivity index (χ1n) is 15.0. The van der Waals surface area contributed by atoms with Crippen molar-refractivity contribution in [3.05, 3.63) is 11.1 Å². The first kappa shape index (κ1) is 24.9. The molecule has 11 atom stereocenters. The third kappa shape index (κ3) is 3.98. The molecule has 0 spiro atoms. The smallest absolute Gasteiger partial charge is 0.302 e. The lowest BCUT2D eigenvalue weighted by atomic mass is 9.52. The van der Waals surface area contributed by atoms with Gasteiger partial charge in [0.2, 0.25) is 0 Å². The van der Waals surface area contributed by atoms with E-state index in [1.54, 1.807) is 18.1 Å². The van der Waals surface area contributed by atoms with Gasteiger partial charge in [0.1, 0.15) is 12.2 Å². The largest absolute Gasteiger partial charge is 0.463 e. The van der Waals surface area contributed by atoms with Crippen LogP contribution in [-0.2, 0) is 19.1 Å². The van der Waals surface area contributed by atoms with Crippen LogP contribution in [0.4, 0.5) is 0 Å². The van der Waals surface area contributed by atoms with Crippen LogP contribution in [0.3, 0.4) is 0 Å². The average molecular weight is 498 g/mol. The number of carbonyl (C=O) groups excluding carboxylic acids is 2. The van der Waals surface area contributed by atoms with E-state index in [0.717, 1.165) is 55.4 Å². The van der Waals surface area contributed by atoms with Crippen molar-refractivity contribution in [3.8, 4) is 0 Å². The Hall–Kier alpha value is -1.36. The van der Waals surface area contributed by atoms with Gasteiger partial charge in [-0.25, -0.2) is 0 Å². The molecule has 6 rings (SSSR count). The second-order valence-corrected chi connectivity index (χ2v) is 13.8. The van der Waals surface area contributed by atoms with Gasteiger partial charge < -0.3 is 9.47 Å². The molecule has 6 aliphatic rings. The fraction of sp³-hybridized carbons (Fsp3) is 0.871. The average Bonchev–Trinajstić information content (AvgIpc) is 3.19. The quantitative estimate of drug-likeness (QED) is 0.358. The molecule has 5 nitrogen and oxygen atoms in total. The standard InChI is InChI=1S/C31H47NO4/c1-17-6-9-29-18(2)22-7-8-23-24(26(22)16-32(29)15-17)13-27-25(23)14-30(36-20(4)34)28-12-21(35-19(3)33)10-11-31(27,28)5/h17-18,21-22,24,26-30H,6-16H2,1-5H3/t17-,18-,21+,22?,24?,26?,27+,28-,29+,30-,31-/m1/s1. The van der Waals surface area contributed by atoms with E-state index in [2.05, 4.69) is 25.7 Å². The van der Waals surface area contributed by atoms with Crippen LogP contribution >= 0.6 is 0 Å². The molecular formula is C31H47NO4. The van der Waals surface area contributed by atoms with Gasteiger partial charge in [-0.15, -0.1) is 0 Å². The fourth-order valence-corrected chi connectivity index (χ4v) is 10.5. The van der Waals surface area contributed by atoms with Crippen LogP contribution in [-0.4, -0.2) is 48.2 Å². The molecule has 0 amide bonds. The summed E-state index contributed by atoms with van der Waals surface area (Å²) in [4.78, 5) is 26.8. The Balaban J connectivity index is 1.30. The number of allylic oxidation sites excluding steroid dienone is 1. The topological polar surface area (TPSA) is 55.8 Å². The number of hydrogen-bond donors (Lipinski definition) is 0. The van der Waals surface area contributed by atoms with E-state index >= 15 is 0 Å². The van der Waals surface area contributed by atoms with Gasteiger partial charge in [-0.05, 0) is 92.3 Å². The van der Waals surface area contributed by atoms with E-state index in [1.165, 1.54) is 52.1 Å². The summed E-state index contributed by atoms with van der Waals surface area (Å²) >= 11 is 0. The summed E-state index contributed by atoms with van der Waals surface area (Å²) in [5.74, 6) is 4.49. The number of nitrogens with zero attached hydrogens (tertiary/aromatic N) is 1. The SMILES string of the molecule is CC(=O)O[C@H]1CC[C@@]2(C)[C@H](C1)[C@H](OC(C)=O)CC1=C3CCC4C(CN5C[C@H](C)CC[C@H]5[C@@H]4C)C3C[C@@H]12. The first-order chi connectivity index (χ1) is 17.2. The second kappa shape index (κ2) is 9.13. The van der Waals surface area contributed by atoms with Crippen LogP contribution < -0.4 is 0 Å². The molecule has 2 heterocycles. The van der Waals surface area contributed by atoms with Crippen molar-refractivity contribution in [1.82, 2.24) is 4.90 Å². The summed E-state index contributed by atoms with van der Waals surface area (Å²) in [6.07, 6.45) is 10.3. The summed E-state index contributed by atoms with van der Waals surface area (Å²) in [6, 6.07) is 0.798. The van der Waals surface area contributed by atoms with Crippen molar-refractivity contribution in [3.63, 3.8) is 0 Å². The fourth-order valence-electron chi connectivity index (χ4n) is 10.5. The van der Waals surface area contributed by atoms with Crippen LogP contribution in [0.5, 0.6) is 0 Å². The van der Waals surface area contributed by atoms with Gasteiger partial charge in [-0.3, -0.25) is 14.5 Å². The normalized spacial score (nSPS) is 48.1. The lowest BCUT2D eigenvalue weighted by Gasteiger charge is -2.55. The molecule has 0 aromatic carbocycles. The van der Waals surface area contributed by atoms with Gasteiger partial charge in [-0.2, -0.15) is 0 Å². The maximum atomic E-state index is 12.2. The van der Waals surface area contributed by atoms with Gasteiger partial charge >= 0.3 is 11.9 Å². The molecule has 36 heavy (non-hydrogen) atoms. The summed E-state index contributed by atoms with van der Waals surface area (Å²) in [7, 11) is 0. The third-order valence-corrected chi connectivity index (χ3v) is 12.0. The van der Waals surface area contributed by atoms with Crippen molar-refractivity contribution >= 4 is 11.9 Å². The van der Waals surface area contributed by atoms with Gasteiger partial charge in [0.05, 0.1) is 0 Å². The maximum absolute atomic E-state index is 12.2.